The highest BCUT2D eigenvalue weighted by atomic mass is 16.5. The number of hydrogen-bond donors (Lipinski definition) is 2. The van der Waals surface area contributed by atoms with E-state index in [2.05, 4.69) is 69.1 Å². The molecule has 32 heavy (non-hydrogen) atoms. The Balaban J connectivity index is 1.43. The van der Waals surface area contributed by atoms with E-state index in [0.29, 0.717) is 6.04 Å². The maximum absolute atomic E-state index is 5.67. The highest BCUT2D eigenvalue weighted by Gasteiger charge is 2.29. The van der Waals surface area contributed by atoms with E-state index in [-0.39, 0.29) is 0 Å². The van der Waals surface area contributed by atoms with Crippen molar-refractivity contribution in [2.24, 2.45) is 0 Å². The van der Waals surface area contributed by atoms with Crippen LogP contribution < -0.4 is 0 Å². The number of nitrogens with one attached hydrogen (secondary N) is 2. The van der Waals surface area contributed by atoms with Gasteiger partial charge in [-0.1, -0.05) is 6.07 Å². The number of aromatic nitrogens is 3. The summed E-state index contributed by atoms with van der Waals surface area (Å²) in [5.74, 6) is 0. The molecule has 6 nitrogen and oxygen atoms in total. The quantitative estimate of drug-likeness (QED) is 0.504. The van der Waals surface area contributed by atoms with Gasteiger partial charge in [0.2, 0.25) is 0 Å². The predicted molar refractivity (Wildman–Crippen MR) is 127 cm³/mol. The van der Waals surface area contributed by atoms with Crippen LogP contribution in [0.3, 0.4) is 0 Å². The van der Waals surface area contributed by atoms with Gasteiger partial charge < -0.3 is 14.7 Å². The number of aromatic amines is 2. The fourth-order valence-electron chi connectivity index (χ4n) is 5.21. The first-order chi connectivity index (χ1) is 15.7. The molecule has 0 saturated carbocycles. The van der Waals surface area contributed by atoms with Crippen LogP contribution in [-0.2, 0) is 17.7 Å². The summed E-state index contributed by atoms with van der Waals surface area (Å²) in [7, 11) is 0. The minimum absolute atomic E-state index is 0.418. The predicted octanol–water partition coefficient (Wildman–Crippen LogP) is 4.53. The molecular weight excluding hydrogens is 398 g/mol. The van der Waals surface area contributed by atoms with E-state index in [0.717, 1.165) is 44.9 Å². The minimum atomic E-state index is 0.418. The molecule has 0 unspecified atom stereocenters. The maximum Gasteiger partial charge on any atom is 0.137 e. The van der Waals surface area contributed by atoms with Gasteiger partial charge in [-0.3, -0.25) is 0 Å². The van der Waals surface area contributed by atoms with Crippen molar-refractivity contribution >= 4 is 11.0 Å². The molecule has 4 aromatic rings. The molecule has 2 N–H and O–H groups in total. The number of pyridine rings is 1. The van der Waals surface area contributed by atoms with E-state index in [9.17, 15) is 0 Å². The van der Waals surface area contributed by atoms with Crippen LogP contribution in [0.4, 0.5) is 0 Å². The third-order valence-corrected chi connectivity index (χ3v) is 6.98. The molecule has 1 atom stereocenters. The Kier molecular flexibility index (Phi) is 4.86. The molecule has 0 bridgehead atoms. The van der Waals surface area contributed by atoms with Crippen LogP contribution in [0.1, 0.15) is 23.6 Å². The molecule has 0 amide bonds. The topological polar surface area (TPSA) is 60.2 Å². The first kappa shape index (κ1) is 19.7. The Morgan fingerprint density at radius 1 is 1.12 bits per heavy atom. The van der Waals surface area contributed by atoms with E-state index in [1.807, 2.05) is 18.6 Å². The van der Waals surface area contributed by atoms with Gasteiger partial charge in [-0.2, -0.15) is 0 Å². The minimum Gasteiger partial charge on any atom is -0.378 e. The standard InChI is InChI=1S/C26H29N5O/c1-17-13-28-26-22(17)12-21(14-29-26)20-10-19-5-7-30(31-8-9-32-16-18(31)2)15-24(19)23(11-20)25-4-3-6-27-25/h3-4,6,10-14,18,27H,5,7-9,15-16H2,1-2H3,(H,28,29)/t18-/m0/s1. The lowest BCUT2D eigenvalue weighted by atomic mass is 9.89. The van der Waals surface area contributed by atoms with Gasteiger partial charge in [-0.25, -0.2) is 15.0 Å². The van der Waals surface area contributed by atoms with Gasteiger partial charge in [0.15, 0.2) is 0 Å². The van der Waals surface area contributed by atoms with Gasteiger partial charge in [0.1, 0.15) is 5.65 Å². The van der Waals surface area contributed by atoms with Gasteiger partial charge in [0.25, 0.3) is 0 Å². The van der Waals surface area contributed by atoms with Crippen molar-refractivity contribution in [2.75, 3.05) is 26.3 Å². The Hall–Kier alpha value is -2.93. The second kappa shape index (κ2) is 7.89. The zero-order chi connectivity index (χ0) is 21.7. The number of H-pyrrole nitrogens is 2. The Bertz CT molecular complexity index is 1260. The van der Waals surface area contributed by atoms with Crippen LogP contribution in [0, 0.1) is 6.92 Å². The number of rotatable bonds is 3. The number of hydrazine groups is 1. The van der Waals surface area contributed by atoms with Crippen molar-refractivity contribution in [1.82, 2.24) is 25.0 Å². The summed E-state index contributed by atoms with van der Waals surface area (Å²) in [6.07, 6.45) is 7.07. The van der Waals surface area contributed by atoms with Crippen LogP contribution in [0.2, 0.25) is 0 Å². The fourth-order valence-corrected chi connectivity index (χ4v) is 5.21. The normalized spacial score (nSPS) is 20.0. The molecule has 2 aliphatic heterocycles. The largest absolute Gasteiger partial charge is 0.378 e. The second-order valence-corrected chi connectivity index (χ2v) is 9.06. The van der Waals surface area contributed by atoms with E-state index in [1.54, 1.807) is 0 Å². The SMILES string of the molecule is Cc1c[nH]c2ncc(-c3cc4c(c(-c5ccc[nH]5)c3)CN(N3CCOC[C@@H]3C)CC4)cc12. The van der Waals surface area contributed by atoms with Gasteiger partial charge >= 0.3 is 0 Å². The zero-order valence-corrected chi connectivity index (χ0v) is 18.7. The lowest BCUT2D eigenvalue weighted by Gasteiger charge is -2.44. The summed E-state index contributed by atoms with van der Waals surface area (Å²) in [4.78, 5) is 11.4. The summed E-state index contributed by atoms with van der Waals surface area (Å²) in [5, 5.41) is 6.22. The number of hydrogen-bond acceptors (Lipinski definition) is 4. The van der Waals surface area contributed by atoms with Crippen LogP contribution in [0.5, 0.6) is 0 Å². The number of benzene rings is 1. The number of ether oxygens (including phenoxy) is 1. The average Bonchev–Trinajstić information content (AvgIpc) is 3.48. The van der Waals surface area contributed by atoms with Gasteiger partial charge in [-0.15, -0.1) is 0 Å². The molecular formula is C26H29N5O. The highest BCUT2D eigenvalue weighted by molar-refractivity contribution is 5.85. The Morgan fingerprint density at radius 3 is 2.91 bits per heavy atom. The smallest absolute Gasteiger partial charge is 0.137 e. The molecule has 0 spiro atoms. The number of aryl methyl sites for hydroxylation is 1. The second-order valence-electron chi connectivity index (χ2n) is 9.06. The van der Waals surface area contributed by atoms with Crippen molar-refractivity contribution in [3.05, 3.63) is 65.6 Å². The fraction of sp³-hybridized carbons (Fsp3) is 0.346. The molecule has 1 aromatic carbocycles. The van der Waals surface area contributed by atoms with E-state index in [4.69, 9.17) is 4.74 Å². The van der Waals surface area contributed by atoms with Crippen molar-refractivity contribution < 1.29 is 4.74 Å². The van der Waals surface area contributed by atoms with Crippen LogP contribution in [0.15, 0.2) is 48.9 Å². The first-order valence-electron chi connectivity index (χ1n) is 11.5. The molecule has 3 aromatic heterocycles. The summed E-state index contributed by atoms with van der Waals surface area (Å²) < 4.78 is 5.67. The summed E-state index contributed by atoms with van der Waals surface area (Å²) in [5.41, 5.74) is 9.90. The molecule has 0 aliphatic carbocycles. The lowest BCUT2D eigenvalue weighted by Crippen LogP contribution is -2.54. The number of fused-ring (bicyclic) bond motifs is 2. The van der Waals surface area contributed by atoms with Crippen molar-refractivity contribution in [3.8, 4) is 22.4 Å². The molecule has 1 fully saturated rings. The molecule has 1 saturated heterocycles. The summed E-state index contributed by atoms with van der Waals surface area (Å²) in [6, 6.07) is 11.7. The third-order valence-electron chi connectivity index (χ3n) is 6.98. The molecule has 6 heteroatoms. The lowest BCUT2D eigenvalue weighted by molar-refractivity contribution is -0.130. The van der Waals surface area contributed by atoms with Crippen LogP contribution in [-0.4, -0.2) is 57.3 Å². The monoisotopic (exact) mass is 427 g/mol. The number of morpholine rings is 1. The van der Waals surface area contributed by atoms with Crippen molar-refractivity contribution in [2.45, 2.75) is 32.9 Å². The van der Waals surface area contributed by atoms with Crippen molar-refractivity contribution in [1.29, 1.82) is 0 Å². The Morgan fingerprint density at radius 2 is 2.06 bits per heavy atom. The molecule has 6 rings (SSSR count). The van der Waals surface area contributed by atoms with Crippen LogP contribution in [0.25, 0.3) is 33.4 Å². The molecule has 0 radical (unpaired) electrons. The van der Waals surface area contributed by atoms with E-state index in [1.165, 1.54) is 44.5 Å². The molecule has 5 heterocycles. The van der Waals surface area contributed by atoms with Crippen LogP contribution >= 0.6 is 0 Å². The average molecular weight is 428 g/mol. The van der Waals surface area contributed by atoms with Gasteiger partial charge in [0, 0.05) is 66.5 Å². The number of nitrogens with zero attached hydrogens (tertiary/aromatic N) is 3. The highest BCUT2D eigenvalue weighted by Crippen LogP contribution is 2.36. The maximum atomic E-state index is 5.67. The van der Waals surface area contributed by atoms with E-state index >= 15 is 0 Å². The Labute approximate surface area is 188 Å². The van der Waals surface area contributed by atoms with E-state index < -0.39 is 0 Å². The molecule has 164 valence electrons. The summed E-state index contributed by atoms with van der Waals surface area (Å²) >= 11 is 0. The molecule has 2 aliphatic rings. The van der Waals surface area contributed by atoms with Crippen molar-refractivity contribution in [3.63, 3.8) is 0 Å². The third kappa shape index (κ3) is 3.35. The van der Waals surface area contributed by atoms with Gasteiger partial charge in [-0.05, 0) is 66.8 Å². The zero-order valence-electron chi connectivity index (χ0n) is 18.7. The van der Waals surface area contributed by atoms with Gasteiger partial charge in [0.05, 0.1) is 13.2 Å². The first-order valence-corrected chi connectivity index (χ1v) is 11.5. The summed E-state index contributed by atoms with van der Waals surface area (Å²) in [6.45, 7) is 8.94.